The van der Waals surface area contributed by atoms with Crippen LogP contribution in [0.15, 0.2) is 23.1 Å². The molecule has 1 aromatic rings. The van der Waals surface area contributed by atoms with Crippen molar-refractivity contribution in [1.82, 2.24) is 0 Å². The highest BCUT2D eigenvalue weighted by atomic mass is 32.2. The molecule has 0 bridgehead atoms. The number of nitrogens with two attached hydrogens (primary N) is 1. The van der Waals surface area contributed by atoms with Gasteiger partial charge in [0, 0.05) is 29.5 Å². The molecule has 0 amide bonds. The molecule has 4 heteroatoms. The fourth-order valence-corrected chi connectivity index (χ4v) is 3.07. The summed E-state index contributed by atoms with van der Waals surface area (Å²) in [6, 6.07) is 5.82. The number of hydrogen-bond donors (Lipinski definition) is 1. The predicted octanol–water partition coefficient (Wildman–Crippen LogP) is 2.80. The third kappa shape index (κ3) is 3.54. The summed E-state index contributed by atoms with van der Waals surface area (Å²) in [5, 5.41) is 0. The molecule has 1 saturated heterocycles. The molecule has 0 aliphatic carbocycles. The van der Waals surface area contributed by atoms with Crippen LogP contribution in [-0.2, 0) is 4.74 Å². The molecule has 1 aromatic carbocycles. The van der Waals surface area contributed by atoms with E-state index < -0.39 is 0 Å². The van der Waals surface area contributed by atoms with Crippen molar-refractivity contribution in [1.29, 1.82) is 0 Å². The van der Waals surface area contributed by atoms with Crippen molar-refractivity contribution in [3.8, 4) is 5.75 Å². The zero-order chi connectivity index (χ0) is 12.1. The highest BCUT2D eigenvalue weighted by Gasteiger charge is 2.14. The van der Waals surface area contributed by atoms with Gasteiger partial charge in [0.05, 0.1) is 7.11 Å². The molecule has 3 nitrogen and oxygen atoms in total. The monoisotopic (exact) mass is 253 g/mol. The average Bonchev–Trinajstić information content (AvgIpc) is 2.39. The fourth-order valence-electron chi connectivity index (χ4n) is 1.89. The van der Waals surface area contributed by atoms with Crippen molar-refractivity contribution >= 4 is 17.4 Å². The summed E-state index contributed by atoms with van der Waals surface area (Å²) in [5.74, 6) is 2.73. The van der Waals surface area contributed by atoms with E-state index in [9.17, 15) is 0 Å². The molecule has 0 radical (unpaired) electrons. The Kier molecular flexibility index (Phi) is 4.57. The molecule has 1 aliphatic heterocycles. The second-order valence-corrected chi connectivity index (χ2v) is 5.33. The molecule has 94 valence electrons. The Balaban J connectivity index is 1.92. The summed E-state index contributed by atoms with van der Waals surface area (Å²) in [4.78, 5) is 1.12. The van der Waals surface area contributed by atoms with Crippen LogP contribution < -0.4 is 10.5 Å². The summed E-state index contributed by atoms with van der Waals surface area (Å²) < 4.78 is 10.6. The van der Waals surface area contributed by atoms with Gasteiger partial charge in [0.2, 0.25) is 0 Å². The van der Waals surface area contributed by atoms with Crippen LogP contribution in [0.25, 0.3) is 0 Å². The number of nitrogen functional groups attached to an aromatic ring is 1. The zero-order valence-corrected chi connectivity index (χ0v) is 11.0. The first-order chi connectivity index (χ1) is 8.29. The first-order valence-electron chi connectivity index (χ1n) is 5.93. The van der Waals surface area contributed by atoms with Crippen LogP contribution in [0, 0.1) is 5.92 Å². The van der Waals surface area contributed by atoms with Gasteiger partial charge in [-0.2, -0.15) is 0 Å². The van der Waals surface area contributed by atoms with E-state index in [-0.39, 0.29) is 0 Å². The normalized spacial score (nSPS) is 17.0. The van der Waals surface area contributed by atoms with E-state index in [1.807, 2.05) is 30.0 Å². The number of methoxy groups -OCH3 is 1. The van der Waals surface area contributed by atoms with Gasteiger partial charge in [-0.3, -0.25) is 0 Å². The highest BCUT2D eigenvalue weighted by molar-refractivity contribution is 7.99. The van der Waals surface area contributed by atoms with Crippen molar-refractivity contribution in [3.05, 3.63) is 18.2 Å². The van der Waals surface area contributed by atoms with Crippen molar-refractivity contribution < 1.29 is 9.47 Å². The van der Waals surface area contributed by atoms with Gasteiger partial charge in [-0.15, -0.1) is 11.8 Å². The minimum Gasteiger partial charge on any atom is -0.497 e. The Morgan fingerprint density at radius 2 is 2.18 bits per heavy atom. The van der Waals surface area contributed by atoms with Crippen LogP contribution >= 0.6 is 11.8 Å². The number of benzene rings is 1. The molecule has 0 atom stereocenters. The Morgan fingerprint density at radius 1 is 1.41 bits per heavy atom. The number of hydrogen-bond acceptors (Lipinski definition) is 4. The topological polar surface area (TPSA) is 44.5 Å². The van der Waals surface area contributed by atoms with Crippen molar-refractivity contribution in [2.75, 3.05) is 31.8 Å². The molecule has 0 aromatic heterocycles. The minimum atomic E-state index is 0.749. The smallest absolute Gasteiger partial charge is 0.120 e. The maximum atomic E-state index is 5.96. The van der Waals surface area contributed by atoms with E-state index in [4.69, 9.17) is 15.2 Å². The molecule has 1 aliphatic rings. The standard InChI is InChI=1S/C13H19NO2S/c1-15-11-2-3-12(14)13(8-11)17-9-10-4-6-16-7-5-10/h2-3,8,10H,4-7,9,14H2,1H3. The zero-order valence-electron chi connectivity index (χ0n) is 10.1. The van der Waals surface area contributed by atoms with Crippen molar-refractivity contribution in [3.63, 3.8) is 0 Å². The van der Waals surface area contributed by atoms with E-state index in [0.29, 0.717) is 0 Å². The molecule has 0 saturated carbocycles. The molecule has 0 spiro atoms. The summed E-state index contributed by atoms with van der Waals surface area (Å²) in [7, 11) is 1.68. The number of thioether (sulfide) groups is 1. The van der Waals surface area contributed by atoms with Crippen LogP contribution in [0.5, 0.6) is 5.75 Å². The van der Waals surface area contributed by atoms with E-state index in [2.05, 4.69) is 0 Å². The highest BCUT2D eigenvalue weighted by Crippen LogP contribution is 2.32. The van der Waals surface area contributed by atoms with Gasteiger partial charge in [-0.1, -0.05) is 0 Å². The second kappa shape index (κ2) is 6.17. The first kappa shape index (κ1) is 12.6. The molecular weight excluding hydrogens is 234 g/mol. The number of ether oxygens (including phenoxy) is 2. The van der Waals surface area contributed by atoms with Crippen LogP contribution in [0.1, 0.15) is 12.8 Å². The Labute approximate surface area is 107 Å². The maximum absolute atomic E-state index is 5.96. The van der Waals surface area contributed by atoms with E-state index >= 15 is 0 Å². The lowest BCUT2D eigenvalue weighted by Gasteiger charge is -2.21. The van der Waals surface area contributed by atoms with Crippen LogP contribution in [-0.4, -0.2) is 26.1 Å². The van der Waals surface area contributed by atoms with Crippen LogP contribution in [0.3, 0.4) is 0 Å². The van der Waals surface area contributed by atoms with E-state index in [1.54, 1.807) is 7.11 Å². The molecule has 2 rings (SSSR count). The van der Waals surface area contributed by atoms with Gasteiger partial charge in [-0.25, -0.2) is 0 Å². The van der Waals surface area contributed by atoms with Gasteiger partial charge in [-0.05, 0) is 37.0 Å². The lowest BCUT2D eigenvalue weighted by atomic mass is 10.0. The molecule has 17 heavy (non-hydrogen) atoms. The van der Waals surface area contributed by atoms with Crippen molar-refractivity contribution in [2.45, 2.75) is 17.7 Å². The van der Waals surface area contributed by atoms with Gasteiger partial charge in [0.15, 0.2) is 0 Å². The molecule has 0 unspecified atom stereocenters. The largest absolute Gasteiger partial charge is 0.497 e. The lowest BCUT2D eigenvalue weighted by molar-refractivity contribution is 0.0728. The Morgan fingerprint density at radius 3 is 2.88 bits per heavy atom. The van der Waals surface area contributed by atoms with Gasteiger partial charge >= 0.3 is 0 Å². The fraction of sp³-hybridized carbons (Fsp3) is 0.538. The van der Waals surface area contributed by atoms with Gasteiger partial charge in [0.1, 0.15) is 5.75 Å². The summed E-state index contributed by atoms with van der Waals surface area (Å²) in [6.45, 7) is 1.80. The predicted molar refractivity (Wildman–Crippen MR) is 71.7 cm³/mol. The maximum Gasteiger partial charge on any atom is 0.120 e. The quantitative estimate of drug-likeness (QED) is 0.662. The summed E-state index contributed by atoms with van der Waals surface area (Å²) in [5.41, 5.74) is 6.79. The summed E-state index contributed by atoms with van der Waals surface area (Å²) in [6.07, 6.45) is 2.33. The molecule has 2 N–H and O–H groups in total. The molecule has 1 fully saturated rings. The van der Waals surface area contributed by atoms with Crippen LogP contribution in [0.4, 0.5) is 5.69 Å². The average molecular weight is 253 g/mol. The Hall–Kier alpha value is -0.870. The minimum absolute atomic E-state index is 0.749. The Bertz CT molecular complexity index is 364. The number of anilines is 1. The molecule has 1 heterocycles. The second-order valence-electron chi connectivity index (χ2n) is 4.27. The number of rotatable bonds is 4. The van der Waals surface area contributed by atoms with E-state index in [0.717, 1.165) is 54.1 Å². The van der Waals surface area contributed by atoms with Gasteiger partial charge < -0.3 is 15.2 Å². The SMILES string of the molecule is COc1ccc(N)c(SCC2CCOCC2)c1. The van der Waals surface area contributed by atoms with E-state index in [1.165, 1.54) is 0 Å². The van der Waals surface area contributed by atoms with Crippen LogP contribution in [0.2, 0.25) is 0 Å². The third-order valence-corrected chi connectivity index (χ3v) is 4.34. The summed E-state index contributed by atoms with van der Waals surface area (Å²) >= 11 is 1.82. The third-order valence-electron chi connectivity index (χ3n) is 3.04. The van der Waals surface area contributed by atoms with Gasteiger partial charge in [0.25, 0.3) is 0 Å². The first-order valence-corrected chi connectivity index (χ1v) is 6.92. The van der Waals surface area contributed by atoms with Crippen molar-refractivity contribution in [2.24, 2.45) is 5.92 Å². The lowest BCUT2D eigenvalue weighted by Crippen LogP contribution is -2.17. The molecular formula is C13H19NO2S.